The van der Waals surface area contributed by atoms with E-state index < -0.39 is 17.6 Å². The molecular formula is C11H9F3N2O2S. The van der Waals surface area contributed by atoms with Gasteiger partial charge in [-0.05, 0) is 12.1 Å². The molecule has 1 aliphatic heterocycles. The third-order valence-corrected chi connectivity index (χ3v) is 3.38. The lowest BCUT2D eigenvalue weighted by atomic mass is 10.1. The summed E-state index contributed by atoms with van der Waals surface area (Å²) < 4.78 is 43.7. The summed E-state index contributed by atoms with van der Waals surface area (Å²) in [7, 11) is 1.32. The normalized spacial score (nSPS) is 16.1. The number of carbonyl (C=O) groups excluding carboxylic acids is 1. The van der Waals surface area contributed by atoms with E-state index in [0.29, 0.717) is 0 Å². The van der Waals surface area contributed by atoms with E-state index in [9.17, 15) is 18.0 Å². The van der Waals surface area contributed by atoms with Gasteiger partial charge in [0.15, 0.2) is 5.17 Å². The van der Waals surface area contributed by atoms with Gasteiger partial charge in [0, 0.05) is 6.07 Å². The van der Waals surface area contributed by atoms with Gasteiger partial charge in [0.2, 0.25) is 5.91 Å². The molecule has 1 aromatic rings. The maximum absolute atomic E-state index is 12.9. The van der Waals surface area contributed by atoms with Crippen molar-refractivity contribution in [2.45, 2.75) is 6.18 Å². The molecule has 2 rings (SSSR count). The van der Waals surface area contributed by atoms with Crippen LogP contribution in [0.3, 0.4) is 0 Å². The van der Waals surface area contributed by atoms with E-state index in [1.807, 2.05) is 0 Å². The van der Waals surface area contributed by atoms with Crippen LogP contribution in [0.4, 0.5) is 18.9 Å². The van der Waals surface area contributed by atoms with Crippen molar-refractivity contribution >= 4 is 28.5 Å². The van der Waals surface area contributed by atoms with Crippen molar-refractivity contribution in [2.24, 2.45) is 0 Å². The first-order valence-electron chi connectivity index (χ1n) is 5.14. The number of thioether (sulfide) groups is 1. The zero-order valence-electron chi connectivity index (χ0n) is 9.75. The molecule has 1 saturated heterocycles. The van der Waals surface area contributed by atoms with Crippen molar-refractivity contribution < 1.29 is 22.7 Å². The number of hydrogen-bond donors (Lipinski definition) is 1. The SMILES string of the molecule is COc1ccc(C(F)(F)F)c(N2C(=N)SCC2=O)c1. The molecule has 102 valence electrons. The maximum atomic E-state index is 12.9. The van der Waals surface area contributed by atoms with Gasteiger partial charge in [-0.3, -0.25) is 15.1 Å². The quantitative estimate of drug-likeness (QED) is 0.911. The minimum atomic E-state index is -4.60. The fourth-order valence-electron chi connectivity index (χ4n) is 1.68. The highest BCUT2D eigenvalue weighted by Gasteiger charge is 2.39. The molecule has 0 aromatic heterocycles. The number of carbonyl (C=O) groups is 1. The molecule has 0 unspecified atom stereocenters. The predicted molar refractivity (Wildman–Crippen MR) is 65.7 cm³/mol. The number of rotatable bonds is 2. The van der Waals surface area contributed by atoms with Crippen molar-refractivity contribution in [3.63, 3.8) is 0 Å². The predicted octanol–water partition coefficient (Wildman–Crippen LogP) is 2.73. The Morgan fingerprint density at radius 3 is 2.58 bits per heavy atom. The van der Waals surface area contributed by atoms with Crippen LogP contribution in [-0.4, -0.2) is 23.9 Å². The molecule has 1 heterocycles. The first-order chi connectivity index (χ1) is 8.84. The van der Waals surface area contributed by atoms with Gasteiger partial charge in [0.05, 0.1) is 24.1 Å². The van der Waals surface area contributed by atoms with Gasteiger partial charge in [0.1, 0.15) is 5.75 Å². The summed E-state index contributed by atoms with van der Waals surface area (Å²) in [5, 5.41) is 7.34. The fraction of sp³-hybridized carbons (Fsp3) is 0.273. The zero-order valence-corrected chi connectivity index (χ0v) is 10.6. The van der Waals surface area contributed by atoms with E-state index >= 15 is 0 Å². The van der Waals surface area contributed by atoms with E-state index in [4.69, 9.17) is 10.1 Å². The zero-order chi connectivity index (χ0) is 14.2. The number of halogens is 3. The van der Waals surface area contributed by atoms with Crippen LogP contribution in [0, 0.1) is 5.41 Å². The Morgan fingerprint density at radius 2 is 2.11 bits per heavy atom. The molecular weight excluding hydrogens is 281 g/mol. The van der Waals surface area contributed by atoms with Crippen molar-refractivity contribution in [3.8, 4) is 5.75 Å². The summed E-state index contributed by atoms with van der Waals surface area (Å²) in [6, 6.07) is 3.13. The summed E-state index contributed by atoms with van der Waals surface area (Å²) in [6.45, 7) is 0. The molecule has 1 aliphatic rings. The highest BCUT2D eigenvalue weighted by atomic mass is 32.2. The lowest BCUT2D eigenvalue weighted by Gasteiger charge is -2.21. The Bertz CT molecular complexity index is 529. The number of methoxy groups -OCH3 is 1. The highest BCUT2D eigenvalue weighted by Crippen LogP contribution is 2.40. The second-order valence-corrected chi connectivity index (χ2v) is 4.67. The van der Waals surface area contributed by atoms with E-state index in [1.165, 1.54) is 13.2 Å². The van der Waals surface area contributed by atoms with Crippen LogP contribution >= 0.6 is 11.8 Å². The Morgan fingerprint density at radius 1 is 1.42 bits per heavy atom. The van der Waals surface area contributed by atoms with E-state index in [0.717, 1.165) is 28.8 Å². The number of ether oxygens (including phenoxy) is 1. The lowest BCUT2D eigenvalue weighted by Crippen LogP contribution is -2.30. The van der Waals surface area contributed by atoms with Crippen LogP contribution in [0.1, 0.15) is 5.56 Å². The van der Waals surface area contributed by atoms with Crippen molar-refractivity contribution in [2.75, 3.05) is 17.8 Å². The van der Waals surface area contributed by atoms with Gasteiger partial charge in [-0.15, -0.1) is 0 Å². The number of benzene rings is 1. The first-order valence-corrected chi connectivity index (χ1v) is 6.12. The third-order valence-electron chi connectivity index (χ3n) is 2.54. The molecule has 0 radical (unpaired) electrons. The van der Waals surface area contributed by atoms with Crippen LogP contribution in [0.2, 0.25) is 0 Å². The molecule has 0 aliphatic carbocycles. The summed E-state index contributed by atoms with van der Waals surface area (Å²) in [6.07, 6.45) is -4.60. The smallest absolute Gasteiger partial charge is 0.418 e. The van der Waals surface area contributed by atoms with Crippen LogP contribution in [0.15, 0.2) is 18.2 Å². The second-order valence-electron chi connectivity index (χ2n) is 3.70. The van der Waals surface area contributed by atoms with Gasteiger partial charge in [-0.1, -0.05) is 11.8 Å². The average molecular weight is 290 g/mol. The lowest BCUT2D eigenvalue weighted by molar-refractivity contribution is -0.137. The molecule has 0 spiro atoms. The van der Waals surface area contributed by atoms with Crippen LogP contribution in [-0.2, 0) is 11.0 Å². The van der Waals surface area contributed by atoms with Crippen LogP contribution in [0.25, 0.3) is 0 Å². The number of hydrogen-bond acceptors (Lipinski definition) is 4. The Labute approximate surface area is 111 Å². The minimum absolute atomic E-state index is 0.0344. The number of nitrogens with zero attached hydrogens (tertiary/aromatic N) is 1. The Hall–Kier alpha value is -1.70. The molecule has 4 nitrogen and oxygen atoms in total. The molecule has 0 atom stereocenters. The molecule has 1 amide bonds. The molecule has 1 fully saturated rings. The summed E-state index contributed by atoms with van der Waals surface area (Å²) in [5.41, 5.74) is -1.33. The number of amidine groups is 1. The second kappa shape index (κ2) is 4.76. The van der Waals surface area contributed by atoms with Gasteiger partial charge >= 0.3 is 6.18 Å². The highest BCUT2D eigenvalue weighted by molar-refractivity contribution is 8.15. The topological polar surface area (TPSA) is 53.4 Å². The van der Waals surface area contributed by atoms with Gasteiger partial charge in [0.25, 0.3) is 0 Å². The average Bonchev–Trinajstić information content (AvgIpc) is 2.67. The molecule has 1 N–H and O–H groups in total. The third kappa shape index (κ3) is 2.53. The van der Waals surface area contributed by atoms with Crippen LogP contribution in [0.5, 0.6) is 5.75 Å². The maximum Gasteiger partial charge on any atom is 0.418 e. The van der Waals surface area contributed by atoms with Crippen LogP contribution < -0.4 is 9.64 Å². The number of nitrogens with one attached hydrogen (secondary N) is 1. The first kappa shape index (κ1) is 13.7. The monoisotopic (exact) mass is 290 g/mol. The van der Waals surface area contributed by atoms with Gasteiger partial charge < -0.3 is 4.74 Å². The Kier molecular flexibility index (Phi) is 3.44. The van der Waals surface area contributed by atoms with E-state index in [1.54, 1.807) is 0 Å². The molecule has 8 heteroatoms. The fourth-order valence-corrected chi connectivity index (χ4v) is 2.40. The molecule has 0 saturated carbocycles. The van der Waals surface area contributed by atoms with Gasteiger partial charge in [-0.25, -0.2) is 0 Å². The molecule has 19 heavy (non-hydrogen) atoms. The van der Waals surface area contributed by atoms with Crippen molar-refractivity contribution in [1.82, 2.24) is 0 Å². The largest absolute Gasteiger partial charge is 0.497 e. The van der Waals surface area contributed by atoms with Gasteiger partial charge in [-0.2, -0.15) is 13.2 Å². The minimum Gasteiger partial charge on any atom is -0.497 e. The van der Waals surface area contributed by atoms with E-state index in [2.05, 4.69) is 0 Å². The molecule has 0 bridgehead atoms. The number of amides is 1. The number of anilines is 1. The Balaban J connectivity index is 2.58. The summed E-state index contributed by atoms with van der Waals surface area (Å²) >= 11 is 0.893. The summed E-state index contributed by atoms with van der Waals surface area (Å²) in [5.74, 6) is -0.387. The van der Waals surface area contributed by atoms with Crippen molar-refractivity contribution in [3.05, 3.63) is 23.8 Å². The summed E-state index contributed by atoms with van der Waals surface area (Å²) in [4.78, 5) is 12.4. The number of alkyl halides is 3. The van der Waals surface area contributed by atoms with Crippen molar-refractivity contribution in [1.29, 1.82) is 5.41 Å². The standard InChI is InChI=1S/C11H9F3N2O2S/c1-18-6-2-3-7(11(12,13)14)8(4-6)16-9(17)5-19-10(16)15/h2-4,15H,5H2,1H3. The van der Waals surface area contributed by atoms with E-state index in [-0.39, 0.29) is 22.4 Å². The molecule has 1 aromatic carbocycles.